The van der Waals surface area contributed by atoms with Crippen molar-refractivity contribution in [2.24, 2.45) is 7.05 Å². The fraction of sp³-hybridized carbons (Fsp3) is 0.176. The smallest absolute Gasteiger partial charge is 0.272 e. The van der Waals surface area contributed by atoms with Gasteiger partial charge in [0.15, 0.2) is 5.69 Å². The highest BCUT2D eigenvalue weighted by atomic mass is 32.1. The zero-order chi connectivity index (χ0) is 17.4. The van der Waals surface area contributed by atoms with E-state index in [1.807, 2.05) is 35.7 Å². The van der Waals surface area contributed by atoms with Gasteiger partial charge < -0.3 is 5.32 Å². The molecule has 0 unspecified atom stereocenters. The molecule has 0 atom stereocenters. The van der Waals surface area contributed by atoms with E-state index >= 15 is 0 Å². The van der Waals surface area contributed by atoms with Crippen molar-refractivity contribution in [1.29, 1.82) is 0 Å². The molecular formula is C17H15N5O2S. The molecule has 4 rings (SSSR count). The van der Waals surface area contributed by atoms with Gasteiger partial charge in [-0.15, -0.1) is 11.3 Å². The molecule has 0 saturated heterocycles. The molecule has 8 heteroatoms. The van der Waals surface area contributed by atoms with E-state index in [0.717, 1.165) is 10.9 Å². The number of nitrogens with zero attached hydrogens (tertiary/aromatic N) is 4. The first-order chi connectivity index (χ1) is 12.1. The van der Waals surface area contributed by atoms with Crippen LogP contribution in [0.4, 0.5) is 0 Å². The number of hydrogen-bond acceptors (Lipinski definition) is 5. The van der Waals surface area contributed by atoms with Gasteiger partial charge in [-0.25, -0.2) is 4.98 Å². The molecule has 3 aromatic heterocycles. The lowest BCUT2D eigenvalue weighted by molar-refractivity contribution is 0.0948. The van der Waals surface area contributed by atoms with E-state index < -0.39 is 0 Å². The summed E-state index contributed by atoms with van der Waals surface area (Å²) < 4.78 is 3.82. The van der Waals surface area contributed by atoms with E-state index in [9.17, 15) is 9.59 Å². The van der Waals surface area contributed by atoms with Crippen molar-refractivity contribution in [3.8, 4) is 0 Å². The Labute approximate surface area is 146 Å². The summed E-state index contributed by atoms with van der Waals surface area (Å²) >= 11 is 1.37. The summed E-state index contributed by atoms with van der Waals surface area (Å²) in [6.45, 7) is 0.679. The van der Waals surface area contributed by atoms with Gasteiger partial charge in [0.1, 0.15) is 4.70 Å². The van der Waals surface area contributed by atoms with Crippen molar-refractivity contribution in [3.63, 3.8) is 0 Å². The number of carbonyl (C=O) groups excluding carboxylic acids is 1. The molecule has 0 spiro atoms. The van der Waals surface area contributed by atoms with Crippen molar-refractivity contribution in [2.75, 3.05) is 6.54 Å². The highest BCUT2D eigenvalue weighted by Gasteiger charge is 2.15. The molecule has 0 bridgehead atoms. The summed E-state index contributed by atoms with van der Waals surface area (Å²) in [5.41, 5.74) is 1.90. The van der Waals surface area contributed by atoms with Gasteiger partial charge in [0.05, 0.1) is 17.4 Å². The van der Waals surface area contributed by atoms with Gasteiger partial charge in [-0.1, -0.05) is 18.2 Å². The molecule has 0 fully saturated rings. The van der Waals surface area contributed by atoms with Crippen LogP contribution >= 0.6 is 11.3 Å². The normalized spacial score (nSPS) is 11.2. The standard InChI is InChI=1S/C17H15N5O2S/c1-21-13-5-3-2-4-11(13)14(20-21)16(23)18-7-8-22-10-19-12-6-9-25-15(12)17(22)24/h2-6,9-10H,7-8H2,1H3,(H,18,23). The number of thiophene rings is 1. The Hall–Kier alpha value is -3.00. The fourth-order valence-electron chi connectivity index (χ4n) is 2.79. The first-order valence-electron chi connectivity index (χ1n) is 7.78. The molecule has 7 nitrogen and oxygen atoms in total. The maximum Gasteiger partial charge on any atom is 0.272 e. The molecule has 1 amide bonds. The van der Waals surface area contributed by atoms with Gasteiger partial charge in [-0.2, -0.15) is 5.10 Å². The maximum absolute atomic E-state index is 12.4. The Morgan fingerprint density at radius 3 is 3.00 bits per heavy atom. The third-order valence-electron chi connectivity index (χ3n) is 4.05. The van der Waals surface area contributed by atoms with E-state index in [-0.39, 0.29) is 11.5 Å². The molecule has 25 heavy (non-hydrogen) atoms. The van der Waals surface area contributed by atoms with Crippen LogP contribution in [0.3, 0.4) is 0 Å². The lowest BCUT2D eigenvalue weighted by Crippen LogP contribution is -2.31. The molecule has 0 aliphatic rings. The summed E-state index contributed by atoms with van der Waals surface area (Å²) in [6, 6.07) is 9.39. The number of nitrogens with one attached hydrogen (secondary N) is 1. The van der Waals surface area contributed by atoms with Crippen LogP contribution in [0.1, 0.15) is 10.5 Å². The predicted molar refractivity (Wildman–Crippen MR) is 96.9 cm³/mol. The summed E-state index contributed by atoms with van der Waals surface area (Å²) in [5, 5.41) is 9.77. The second-order valence-electron chi connectivity index (χ2n) is 5.62. The summed E-state index contributed by atoms with van der Waals surface area (Å²) in [4.78, 5) is 29.0. The van der Waals surface area contributed by atoms with Gasteiger partial charge in [0, 0.05) is 25.5 Å². The molecule has 0 aliphatic heterocycles. The molecule has 3 heterocycles. The molecule has 4 aromatic rings. The van der Waals surface area contributed by atoms with Crippen LogP contribution in [-0.2, 0) is 13.6 Å². The van der Waals surface area contributed by atoms with E-state index in [0.29, 0.717) is 29.0 Å². The van der Waals surface area contributed by atoms with Gasteiger partial charge in [0.25, 0.3) is 11.5 Å². The van der Waals surface area contributed by atoms with Crippen LogP contribution < -0.4 is 10.9 Å². The van der Waals surface area contributed by atoms with Gasteiger partial charge in [-0.3, -0.25) is 18.8 Å². The quantitative estimate of drug-likeness (QED) is 0.606. The average molecular weight is 353 g/mol. The monoisotopic (exact) mass is 353 g/mol. The van der Waals surface area contributed by atoms with Crippen LogP contribution in [0.25, 0.3) is 21.1 Å². The van der Waals surface area contributed by atoms with Gasteiger partial charge >= 0.3 is 0 Å². The minimum atomic E-state index is -0.255. The Balaban J connectivity index is 1.50. The molecule has 0 radical (unpaired) electrons. The minimum Gasteiger partial charge on any atom is -0.349 e. The van der Waals surface area contributed by atoms with Crippen molar-refractivity contribution < 1.29 is 4.79 Å². The maximum atomic E-state index is 12.4. The average Bonchev–Trinajstić information content (AvgIpc) is 3.23. The predicted octanol–water partition coefficient (Wildman–Crippen LogP) is 1.77. The molecule has 1 N–H and O–H groups in total. The number of rotatable bonds is 4. The minimum absolute atomic E-state index is 0.0856. The Bertz CT molecular complexity index is 1140. The van der Waals surface area contributed by atoms with Crippen molar-refractivity contribution in [1.82, 2.24) is 24.6 Å². The largest absolute Gasteiger partial charge is 0.349 e. The Morgan fingerprint density at radius 1 is 1.28 bits per heavy atom. The second kappa shape index (κ2) is 6.14. The van der Waals surface area contributed by atoms with Crippen LogP contribution in [0.15, 0.2) is 46.8 Å². The number of aromatic nitrogens is 4. The molecule has 0 saturated carbocycles. The highest BCUT2D eigenvalue weighted by Crippen LogP contribution is 2.17. The Morgan fingerprint density at radius 2 is 2.12 bits per heavy atom. The van der Waals surface area contributed by atoms with Gasteiger partial charge in [-0.05, 0) is 17.5 Å². The molecular weight excluding hydrogens is 338 g/mol. The summed E-state index contributed by atoms with van der Waals surface area (Å²) in [5.74, 6) is -0.255. The van der Waals surface area contributed by atoms with Crippen molar-refractivity contribution in [2.45, 2.75) is 6.54 Å². The third kappa shape index (κ3) is 2.70. The van der Waals surface area contributed by atoms with E-state index in [4.69, 9.17) is 0 Å². The summed E-state index contributed by atoms with van der Waals surface area (Å²) in [7, 11) is 1.81. The SMILES string of the molecule is Cn1nc(C(=O)NCCn2cnc3ccsc3c2=O)c2ccccc21. The Kier molecular flexibility index (Phi) is 3.81. The van der Waals surface area contributed by atoms with E-state index in [2.05, 4.69) is 15.4 Å². The van der Waals surface area contributed by atoms with E-state index in [1.165, 1.54) is 22.2 Å². The molecule has 126 valence electrons. The zero-order valence-corrected chi connectivity index (χ0v) is 14.3. The third-order valence-corrected chi connectivity index (χ3v) is 4.94. The lowest BCUT2D eigenvalue weighted by Gasteiger charge is -2.06. The number of benzene rings is 1. The molecule has 1 aromatic carbocycles. The van der Waals surface area contributed by atoms with Crippen molar-refractivity contribution >= 4 is 38.4 Å². The fourth-order valence-corrected chi connectivity index (χ4v) is 3.59. The topological polar surface area (TPSA) is 81.8 Å². The number of carbonyl (C=O) groups is 1. The summed E-state index contributed by atoms with van der Waals surface area (Å²) in [6.07, 6.45) is 1.51. The van der Waals surface area contributed by atoms with Crippen LogP contribution in [0.5, 0.6) is 0 Å². The van der Waals surface area contributed by atoms with Crippen LogP contribution in [-0.4, -0.2) is 31.8 Å². The number of amides is 1. The van der Waals surface area contributed by atoms with Crippen molar-refractivity contribution in [3.05, 3.63) is 58.1 Å². The number of fused-ring (bicyclic) bond motifs is 2. The molecule has 0 aliphatic carbocycles. The number of hydrogen-bond donors (Lipinski definition) is 1. The lowest BCUT2D eigenvalue weighted by atomic mass is 10.2. The first kappa shape index (κ1) is 15.5. The van der Waals surface area contributed by atoms with Crippen LogP contribution in [0.2, 0.25) is 0 Å². The second-order valence-corrected chi connectivity index (χ2v) is 6.54. The van der Waals surface area contributed by atoms with Crippen LogP contribution in [0, 0.1) is 0 Å². The van der Waals surface area contributed by atoms with Gasteiger partial charge in [0.2, 0.25) is 0 Å². The highest BCUT2D eigenvalue weighted by molar-refractivity contribution is 7.17. The number of para-hydroxylation sites is 1. The number of aryl methyl sites for hydroxylation is 1. The zero-order valence-electron chi connectivity index (χ0n) is 13.5. The first-order valence-corrected chi connectivity index (χ1v) is 8.65. The van der Waals surface area contributed by atoms with E-state index in [1.54, 1.807) is 11.7 Å².